The molecule has 3 aromatic rings. The van der Waals surface area contributed by atoms with Crippen molar-refractivity contribution in [3.63, 3.8) is 0 Å². The number of rotatable bonds is 5. The molecule has 0 atom stereocenters. The lowest BCUT2D eigenvalue weighted by molar-refractivity contribution is -0.133. The summed E-state index contributed by atoms with van der Waals surface area (Å²) in [5.74, 6) is 1.36. The molecule has 142 valence electrons. The molecule has 1 aromatic carbocycles. The van der Waals surface area contributed by atoms with Crippen LogP contribution in [0.5, 0.6) is 5.75 Å². The Morgan fingerprint density at radius 2 is 1.64 bits per heavy atom. The van der Waals surface area contributed by atoms with Gasteiger partial charge in [-0.1, -0.05) is 24.3 Å². The minimum absolute atomic E-state index is 0.00772. The van der Waals surface area contributed by atoms with Gasteiger partial charge in [0.25, 0.3) is 5.91 Å². The summed E-state index contributed by atoms with van der Waals surface area (Å²) >= 11 is 0. The molecule has 1 aliphatic rings. The molecule has 7 heteroatoms. The molecule has 1 aliphatic heterocycles. The molecule has 0 saturated carbocycles. The standard InChI is InChI=1S/C21H21N5O2/c27-20(16-28-17-6-2-1-3-7-17)25-12-14-26(15-13-25)21-23-11-9-19(24-21)18-8-4-5-10-22-18/h1-11H,12-16H2. The lowest BCUT2D eigenvalue weighted by atomic mass is 10.2. The number of carbonyl (C=O) groups is 1. The molecular weight excluding hydrogens is 354 g/mol. The molecule has 1 amide bonds. The monoisotopic (exact) mass is 375 g/mol. The summed E-state index contributed by atoms with van der Waals surface area (Å²) in [6.45, 7) is 2.66. The molecule has 1 fully saturated rings. The smallest absolute Gasteiger partial charge is 0.260 e. The molecule has 1 saturated heterocycles. The lowest BCUT2D eigenvalue weighted by Gasteiger charge is -2.34. The van der Waals surface area contributed by atoms with Crippen LogP contribution in [0.4, 0.5) is 5.95 Å². The molecule has 0 spiro atoms. The van der Waals surface area contributed by atoms with Crippen molar-refractivity contribution in [1.29, 1.82) is 0 Å². The fourth-order valence-electron chi connectivity index (χ4n) is 3.07. The second-order valence-corrected chi connectivity index (χ2v) is 6.43. The average molecular weight is 375 g/mol. The summed E-state index contributed by atoms with van der Waals surface area (Å²) in [6, 6.07) is 17.0. The van der Waals surface area contributed by atoms with Gasteiger partial charge in [-0.3, -0.25) is 9.78 Å². The van der Waals surface area contributed by atoms with E-state index < -0.39 is 0 Å². The van der Waals surface area contributed by atoms with Gasteiger partial charge in [-0.2, -0.15) is 0 Å². The maximum absolute atomic E-state index is 12.4. The summed E-state index contributed by atoms with van der Waals surface area (Å²) in [7, 11) is 0. The van der Waals surface area contributed by atoms with Crippen molar-refractivity contribution in [2.45, 2.75) is 0 Å². The predicted molar refractivity (Wildman–Crippen MR) is 106 cm³/mol. The number of hydrogen-bond acceptors (Lipinski definition) is 6. The number of anilines is 1. The van der Waals surface area contributed by atoms with E-state index in [2.05, 4.69) is 19.9 Å². The summed E-state index contributed by atoms with van der Waals surface area (Å²) in [4.78, 5) is 29.7. The van der Waals surface area contributed by atoms with Crippen LogP contribution in [0.2, 0.25) is 0 Å². The van der Waals surface area contributed by atoms with E-state index in [9.17, 15) is 4.79 Å². The second kappa shape index (κ2) is 8.47. The Morgan fingerprint density at radius 3 is 2.39 bits per heavy atom. The Bertz CT molecular complexity index is 912. The highest BCUT2D eigenvalue weighted by atomic mass is 16.5. The third kappa shape index (κ3) is 4.25. The summed E-state index contributed by atoms with van der Waals surface area (Å²) in [6.07, 6.45) is 3.50. The Hall–Kier alpha value is -3.48. The molecule has 2 aromatic heterocycles. The number of benzene rings is 1. The molecule has 7 nitrogen and oxygen atoms in total. The number of nitrogens with zero attached hydrogens (tertiary/aromatic N) is 5. The number of carbonyl (C=O) groups excluding carboxylic acids is 1. The van der Waals surface area contributed by atoms with Gasteiger partial charge in [-0.15, -0.1) is 0 Å². The Balaban J connectivity index is 1.33. The average Bonchev–Trinajstić information content (AvgIpc) is 2.79. The van der Waals surface area contributed by atoms with E-state index in [0.29, 0.717) is 37.9 Å². The largest absolute Gasteiger partial charge is 0.484 e. The normalized spacial score (nSPS) is 14.0. The topological polar surface area (TPSA) is 71.5 Å². The molecule has 0 N–H and O–H groups in total. The second-order valence-electron chi connectivity index (χ2n) is 6.43. The first kappa shape index (κ1) is 17.9. The van der Waals surface area contributed by atoms with Crippen LogP contribution in [0.25, 0.3) is 11.4 Å². The zero-order valence-corrected chi connectivity index (χ0v) is 15.4. The van der Waals surface area contributed by atoms with E-state index in [0.717, 1.165) is 11.4 Å². The third-order valence-corrected chi connectivity index (χ3v) is 4.59. The van der Waals surface area contributed by atoms with E-state index in [4.69, 9.17) is 4.74 Å². The van der Waals surface area contributed by atoms with Crippen molar-refractivity contribution >= 4 is 11.9 Å². The first-order chi connectivity index (χ1) is 13.8. The fraction of sp³-hybridized carbons (Fsp3) is 0.238. The molecule has 3 heterocycles. The SMILES string of the molecule is O=C(COc1ccccc1)N1CCN(c2nccc(-c3ccccn3)n2)CC1. The number of aromatic nitrogens is 3. The minimum Gasteiger partial charge on any atom is -0.484 e. The van der Waals surface area contributed by atoms with Crippen molar-refractivity contribution in [3.05, 3.63) is 67.0 Å². The predicted octanol–water partition coefficient (Wildman–Crippen LogP) is 2.27. The fourth-order valence-corrected chi connectivity index (χ4v) is 3.07. The number of amides is 1. The van der Waals surface area contributed by atoms with Crippen LogP contribution in [0.3, 0.4) is 0 Å². The maximum Gasteiger partial charge on any atom is 0.260 e. The highest BCUT2D eigenvalue weighted by Crippen LogP contribution is 2.18. The quantitative estimate of drug-likeness (QED) is 0.681. The molecule has 0 radical (unpaired) electrons. The maximum atomic E-state index is 12.4. The molecule has 0 aliphatic carbocycles. The van der Waals surface area contributed by atoms with E-state index in [1.807, 2.05) is 59.5 Å². The van der Waals surface area contributed by atoms with Crippen LogP contribution in [0, 0.1) is 0 Å². The van der Waals surface area contributed by atoms with Crippen LogP contribution in [0.15, 0.2) is 67.0 Å². The van der Waals surface area contributed by atoms with Gasteiger partial charge >= 0.3 is 0 Å². The van der Waals surface area contributed by atoms with E-state index in [1.165, 1.54) is 0 Å². The minimum atomic E-state index is -0.00772. The van der Waals surface area contributed by atoms with Crippen molar-refractivity contribution in [3.8, 4) is 17.1 Å². The summed E-state index contributed by atoms with van der Waals surface area (Å²) < 4.78 is 5.56. The first-order valence-electron chi connectivity index (χ1n) is 9.24. The van der Waals surface area contributed by atoms with Gasteiger partial charge in [0.05, 0.1) is 11.4 Å². The highest BCUT2D eigenvalue weighted by molar-refractivity contribution is 5.78. The van der Waals surface area contributed by atoms with Gasteiger partial charge in [0.1, 0.15) is 5.75 Å². The van der Waals surface area contributed by atoms with Crippen LogP contribution < -0.4 is 9.64 Å². The van der Waals surface area contributed by atoms with E-state index in [-0.39, 0.29) is 12.5 Å². The summed E-state index contributed by atoms with van der Waals surface area (Å²) in [5.41, 5.74) is 1.61. The number of pyridine rings is 1. The molecule has 0 unspecified atom stereocenters. The molecule has 4 rings (SSSR count). The van der Waals surface area contributed by atoms with Crippen molar-refractivity contribution in [2.24, 2.45) is 0 Å². The summed E-state index contributed by atoms with van der Waals surface area (Å²) in [5, 5.41) is 0. The molecule has 28 heavy (non-hydrogen) atoms. The van der Waals surface area contributed by atoms with Gasteiger partial charge in [0, 0.05) is 38.6 Å². The number of piperazine rings is 1. The van der Waals surface area contributed by atoms with Crippen molar-refractivity contribution in [2.75, 3.05) is 37.7 Å². The van der Waals surface area contributed by atoms with Gasteiger partial charge < -0.3 is 14.5 Å². The number of ether oxygens (including phenoxy) is 1. The highest BCUT2D eigenvalue weighted by Gasteiger charge is 2.23. The zero-order valence-electron chi connectivity index (χ0n) is 15.4. The zero-order chi connectivity index (χ0) is 19.2. The van der Waals surface area contributed by atoms with Gasteiger partial charge in [-0.25, -0.2) is 9.97 Å². The van der Waals surface area contributed by atoms with E-state index >= 15 is 0 Å². The lowest BCUT2D eigenvalue weighted by Crippen LogP contribution is -2.50. The van der Waals surface area contributed by atoms with Crippen LogP contribution in [0.1, 0.15) is 0 Å². The Morgan fingerprint density at radius 1 is 0.857 bits per heavy atom. The first-order valence-corrected chi connectivity index (χ1v) is 9.24. The number of hydrogen-bond donors (Lipinski definition) is 0. The Kier molecular flexibility index (Phi) is 5.42. The number of para-hydroxylation sites is 1. The Labute approximate surface area is 163 Å². The van der Waals surface area contributed by atoms with Gasteiger partial charge in [0.2, 0.25) is 5.95 Å². The van der Waals surface area contributed by atoms with Gasteiger partial charge in [0.15, 0.2) is 6.61 Å². The molecule has 0 bridgehead atoms. The van der Waals surface area contributed by atoms with Gasteiger partial charge in [-0.05, 0) is 30.3 Å². The van der Waals surface area contributed by atoms with Crippen molar-refractivity contribution < 1.29 is 9.53 Å². The van der Waals surface area contributed by atoms with Crippen LogP contribution in [-0.4, -0.2) is 58.5 Å². The van der Waals surface area contributed by atoms with Crippen LogP contribution >= 0.6 is 0 Å². The van der Waals surface area contributed by atoms with Crippen molar-refractivity contribution in [1.82, 2.24) is 19.9 Å². The third-order valence-electron chi connectivity index (χ3n) is 4.59. The van der Waals surface area contributed by atoms with Crippen LogP contribution in [-0.2, 0) is 4.79 Å². The molecular formula is C21H21N5O2. The van der Waals surface area contributed by atoms with E-state index in [1.54, 1.807) is 12.4 Å².